The monoisotopic (exact) mass is 1120 g/mol. The quantitative estimate of drug-likeness (QED) is 0.166. The van der Waals surface area contributed by atoms with Gasteiger partial charge in [-0.25, -0.2) is 9.97 Å². The van der Waals surface area contributed by atoms with Gasteiger partial charge in [0.1, 0.15) is 33.5 Å². The van der Waals surface area contributed by atoms with E-state index in [0.29, 0.717) is 5.82 Å². The van der Waals surface area contributed by atoms with Crippen LogP contribution < -0.4 is 0 Å². The second-order valence-corrected chi connectivity index (χ2v) is 23.2. The molecule has 20 rings (SSSR count). The fraction of sp³-hybridized carbons (Fsp3) is 0. The van der Waals surface area contributed by atoms with E-state index >= 15 is 0 Å². The van der Waals surface area contributed by atoms with Gasteiger partial charge in [-0.2, -0.15) is 0 Å². The maximum atomic E-state index is 6.43. The highest BCUT2D eigenvalue weighted by atomic mass is 16.3. The maximum Gasteiger partial charge on any atom is 0.160 e. The molecule has 8 heteroatoms. The summed E-state index contributed by atoms with van der Waals surface area (Å²) in [7, 11) is 0. The van der Waals surface area contributed by atoms with Crippen molar-refractivity contribution in [1.82, 2.24) is 23.7 Å². The molecule has 0 spiro atoms. The Labute approximate surface area is 500 Å². The Balaban J connectivity index is 0.766. The van der Waals surface area contributed by atoms with Crippen LogP contribution in [0.15, 0.2) is 286 Å². The van der Waals surface area contributed by atoms with Crippen LogP contribution in [0.4, 0.5) is 0 Å². The number of benzene rings is 13. The molecule has 0 unspecified atom stereocenters. The number of nitrogens with zero attached hydrogens (tertiary/aromatic N) is 5. The van der Waals surface area contributed by atoms with Crippen LogP contribution >= 0.6 is 0 Å². The first-order valence-electron chi connectivity index (χ1n) is 29.8. The average Bonchev–Trinajstić information content (AvgIpc) is 2.62. The fourth-order valence-corrected chi connectivity index (χ4v) is 14.4. The van der Waals surface area contributed by atoms with Gasteiger partial charge >= 0.3 is 0 Å². The van der Waals surface area contributed by atoms with Crippen molar-refractivity contribution in [3.05, 3.63) is 273 Å². The van der Waals surface area contributed by atoms with Gasteiger partial charge in [0, 0.05) is 98.2 Å². The van der Waals surface area contributed by atoms with Crippen LogP contribution in [0, 0.1) is 0 Å². The van der Waals surface area contributed by atoms with E-state index in [-0.39, 0.29) is 0 Å². The Hall–Kier alpha value is -12.0. The van der Waals surface area contributed by atoms with E-state index in [1.54, 1.807) is 0 Å². The molecule has 0 saturated heterocycles. The molecule has 0 N–H and O–H groups in total. The molecular formula is C80H45N5O3. The molecule has 0 amide bonds. The minimum absolute atomic E-state index is 0.636. The van der Waals surface area contributed by atoms with Crippen LogP contribution in [0.2, 0.25) is 0 Å². The van der Waals surface area contributed by atoms with Crippen molar-refractivity contribution < 1.29 is 13.3 Å². The zero-order chi connectivity index (χ0) is 57.3. The maximum absolute atomic E-state index is 6.43. The Morgan fingerprint density at radius 3 is 1.10 bits per heavy atom. The van der Waals surface area contributed by atoms with Gasteiger partial charge < -0.3 is 27.0 Å². The number of furan rings is 3. The van der Waals surface area contributed by atoms with Gasteiger partial charge in [0.25, 0.3) is 0 Å². The first-order valence-corrected chi connectivity index (χ1v) is 29.8. The topological polar surface area (TPSA) is 80.0 Å². The van der Waals surface area contributed by atoms with Gasteiger partial charge in [-0.05, 0) is 132 Å². The van der Waals surface area contributed by atoms with Crippen LogP contribution in [0.1, 0.15) is 0 Å². The summed E-state index contributed by atoms with van der Waals surface area (Å²) in [5.41, 5.74) is 20.8. The predicted molar refractivity (Wildman–Crippen MR) is 361 cm³/mol. The van der Waals surface area contributed by atoms with Gasteiger partial charge in [0.05, 0.1) is 44.3 Å². The Kier molecular flexibility index (Phi) is 9.57. The van der Waals surface area contributed by atoms with E-state index in [4.69, 9.17) is 23.2 Å². The Morgan fingerprint density at radius 1 is 0.216 bits per heavy atom. The number of hydrogen-bond acceptors (Lipinski definition) is 5. The summed E-state index contributed by atoms with van der Waals surface area (Å²) in [4.78, 5) is 11.1. The predicted octanol–water partition coefficient (Wildman–Crippen LogP) is 21.6. The zero-order valence-electron chi connectivity index (χ0n) is 46.9. The highest BCUT2D eigenvalue weighted by Crippen LogP contribution is 2.44. The third kappa shape index (κ3) is 6.79. The minimum Gasteiger partial charge on any atom is -0.456 e. The molecule has 0 atom stereocenters. The summed E-state index contributed by atoms with van der Waals surface area (Å²) in [6.07, 6.45) is 0. The molecule has 88 heavy (non-hydrogen) atoms. The van der Waals surface area contributed by atoms with Gasteiger partial charge in [-0.3, -0.25) is 0 Å². The third-order valence-corrected chi connectivity index (χ3v) is 18.4. The number of fused-ring (bicyclic) bond motifs is 19. The lowest BCUT2D eigenvalue weighted by Gasteiger charge is -2.14. The first kappa shape index (κ1) is 47.4. The summed E-state index contributed by atoms with van der Waals surface area (Å²) in [6, 6.07) is 97.4. The van der Waals surface area contributed by atoms with Gasteiger partial charge in [0.2, 0.25) is 0 Å². The van der Waals surface area contributed by atoms with Crippen LogP contribution in [0.25, 0.3) is 193 Å². The van der Waals surface area contributed by atoms with E-state index in [2.05, 4.69) is 250 Å². The highest BCUT2D eigenvalue weighted by molar-refractivity contribution is 6.20. The largest absolute Gasteiger partial charge is 0.456 e. The fourth-order valence-electron chi connectivity index (χ4n) is 14.4. The SMILES string of the molecule is c1cc(-c2ccc3nc(-c4cccc(-n5c6ccccc6c6cc7oc8ccccc8c7cc65)c4)nc(-c4ccc(-n5c6ccccc6c6cc7oc8ccccc8c7cc65)cc4)c3c2)cc(-n2c3ccccc3c3cc4oc5ccccc5c4cc32)c1. The number of aromatic nitrogens is 5. The second-order valence-electron chi connectivity index (χ2n) is 23.2. The molecule has 7 aromatic heterocycles. The molecule has 7 heterocycles. The lowest BCUT2D eigenvalue weighted by Crippen LogP contribution is -1.99. The standard InChI is InChI=1S/C80H45N5O3/c1-7-25-67-53(19-1)59-43-76-62(56-22-4-10-28-73(56)86-76)40-70(59)83(67)50-34-31-46(32-35-50)79-65-39-48(47-15-13-17-51(37-47)84-68-26-8-2-20-54(68)60-44-77-63(41-71(60)84)57-23-5-11-29-74(57)87-77)33-36-66(65)81-80(82-79)49-16-14-18-52(38-49)85-69-27-9-3-21-55(69)61-45-78-64(42-72(61)85)58-24-6-12-30-75(58)88-78/h1-45H. The molecule has 0 aliphatic carbocycles. The van der Waals surface area contributed by atoms with Crippen molar-refractivity contribution in [3.63, 3.8) is 0 Å². The Bertz CT molecular complexity index is 6380. The van der Waals surface area contributed by atoms with Crippen molar-refractivity contribution in [2.45, 2.75) is 0 Å². The van der Waals surface area contributed by atoms with Crippen LogP contribution in [0.5, 0.6) is 0 Å². The van der Waals surface area contributed by atoms with Gasteiger partial charge in [-0.1, -0.05) is 152 Å². The Morgan fingerprint density at radius 2 is 0.614 bits per heavy atom. The number of para-hydroxylation sites is 6. The molecule has 13 aromatic carbocycles. The molecule has 0 fully saturated rings. The van der Waals surface area contributed by atoms with Crippen molar-refractivity contribution in [3.8, 4) is 50.8 Å². The third-order valence-electron chi connectivity index (χ3n) is 18.4. The summed E-state index contributed by atoms with van der Waals surface area (Å²) in [5.74, 6) is 0.636. The number of hydrogen-bond donors (Lipinski definition) is 0. The molecular weight excluding hydrogens is 1080 g/mol. The molecule has 8 nitrogen and oxygen atoms in total. The molecule has 408 valence electrons. The van der Waals surface area contributed by atoms with Crippen molar-refractivity contribution in [1.29, 1.82) is 0 Å². The summed E-state index contributed by atoms with van der Waals surface area (Å²) < 4.78 is 26.4. The van der Waals surface area contributed by atoms with E-state index in [1.807, 2.05) is 36.4 Å². The van der Waals surface area contributed by atoms with E-state index in [9.17, 15) is 0 Å². The number of rotatable bonds is 6. The van der Waals surface area contributed by atoms with Gasteiger partial charge in [0.15, 0.2) is 5.82 Å². The molecule has 20 aromatic rings. The van der Waals surface area contributed by atoms with Crippen molar-refractivity contribution in [2.75, 3.05) is 0 Å². The van der Waals surface area contributed by atoms with Crippen LogP contribution in [-0.2, 0) is 0 Å². The van der Waals surface area contributed by atoms with Crippen LogP contribution in [-0.4, -0.2) is 23.7 Å². The first-order chi connectivity index (χ1) is 43.6. The summed E-state index contributed by atoms with van der Waals surface area (Å²) >= 11 is 0. The lowest BCUT2D eigenvalue weighted by atomic mass is 9.99. The molecule has 0 saturated carbocycles. The smallest absolute Gasteiger partial charge is 0.160 e. The molecule has 0 aliphatic heterocycles. The van der Waals surface area contributed by atoms with Gasteiger partial charge in [-0.15, -0.1) is 0 Å². The molecule has 0 bridgehead atoms. The van der Waals surface area contributed by atoms with Crippen LogP contribution in [0.3, 0.4) is 0 Å². The molecule has 0 radical (unpaired) electrons. The van der Waals surface area contributed by atoms with E-state index in [0.717, 1.165) is 176 Å². The van der Waals surface area contributed by atoms with Crippen molar-refractivity contribution in [2.24, 2.45) is 0 Å². The normalized spacial score (nSPS) is 12.3. The summed E-state index contributed by atoms with van der Waals surface area (Å²) in [5, 5.41) is 14.4. The molecule has 0 aliphatic rings. The van der Waals surface area contributed by atoms with E-state index < -0.39 is 0 Å². The minimum atomic E-state index is 0.636. The summed E-state index contributed by atoms with van der Waals surface area (Å²) in [6.45, 7) is 0. The lowest BCUT2D eigenvalue weighted by molar-refractivity contribution is 0.669. The van der Waals surface area contributed by atoms with E-state index in [1.165, 1.54) is 10.8 Å². The zero-order valence-corrected chi connectivity index (χ0v) is 46.9. The van der Waals surface area contributed by atoms with Crippen molar-refractivity contribution >= 4 is 142 Å². The highest BCUT2D eigenvalue weighted by Gasteiger charge is 2.22. The average molecular weight is 1120 g/mol. The second kappa shape index (κ2) is 17.8.